The molecule has 0 aliphatic heterocycles. The fourth-order valence-electron chi connectivity index (χ4n) is 1.30. The first kappa shape index (κ1) is 15.3. The van der Waals surface area contributed by atoms with Crippen molar-refractivity contribution in [3.05, 3.63) is 0 Å². The molecule has 0 rings (SSSR count). The normalized spacial score (nSPS) is 16.8. The summed E-state index contributed by atoms with van der Waals surface area (Å²) in [4.78, 5) is 0. The quantitative estimate of drug-likeness (QED) is 0.746. The Kier molecular flexibility index (Phi) is 6.94. The first-order valence-electron chi connectivity index (χ1n) is 6.14. The second-order valence-electron chi connectivity index (χ2n) is 5.76. The maximum atomic E-state index is 3.60. The van der Waals surface area contributed by atoms with Gasteiger partial charge in [-0.3, -0.25) is 0 Å². The van der Waals surface area contributed by atoms with E-state index in [2.05, 4.69) is 65.5 Å². The van der Waals surface area contributed by atoms with Crippen LogP contribution >= 0.6 is 11.8 Å². The van der Waals surface area contributed by atoms with Gasteiger partial charge in [-0.05, 0) is 17.9 Å². The molecule has 0 bridgehead atoms. The zero-order chi connectivity index (χ0) is 12.1. The van der Waals surface area contributed by atoms with Crippen molar-refractivity contribution in [2.75, 3.05) is 12.3 Å². The summed E-state index contributed by atoms with van der Waals surface area (Å²) in [6.07, 6.45) is 0. The Labute approximate surface area is 101 Å². The Morgan fingerprint density at radius 3 is 2.00 bits per heavy atom. The van der Waals surface area contributed by atoms with Gasteiger partial charge in [0.2, 0.25) is 0 Å². The van der Waals surface area contributed by atoms with Crippen LogP contribution in [-0.2, 0) is 0 Å². The van der Waals surface area contributed by atoms with Crippen molar-refractivity contribution in [2.24, 2.45) is 11.3 Å². The maximum Gasteiger partial charge on any atom is 0.0206 e. The monoisotopic (exact) mass is 231 g/mol. The van der Waals surface area contributed by atoms with Gasteiger partial charge in [-0.1, -0.05) is 48.5 Å². The van der Waals surface area contributed by atoms with Crippen molar-refractivity contribution < 1.29 is 0 Å². The lowest BCUT2D eigenvalue weighted by Gasteiger charge is -2.32. The fraction of sp³-hybridized carbons (Fsp3) is 1.00. The van der Waals surface area contributed by atoms with E-state index in [9.17, 15) is 0 Å². The highest BCUT2D eigenvalue weighted by atomic mass is 32.2. The van der Waals surface area contributed by atoms with Gasteiger partial charge < -0.3 is 5.32 Å². The van der Waals surface area contributed by atoms with Gasteiger partial charge in [-0.15, -0.1) is 0 Å². The molecule has 0 heterocycles. The standard InChI is InChI=1S/C13H29NS/c1-8-14-12(13(5,6)7)9-15-11(4)10(2)3/h10-12,14H,8-9H2,1-7H3. The average Bonchev–Trinajstić information content (AvgIpc) is 2.09. The van der Waals surface area contributed by atoms with Gasteiger partial charge in [-0.25, -0.2) is 0 Å². The number of nitrogens with one attached hydrogen (secondary N) is 1. The van der Waals surface area contributed by atoms with Crippen molar-refractivity contribution in [1.82, 2.24) is 5.32 Å². The lowest BCUT2D eigenvalue weighted by molar-refractivity contribution is 0.295. The van der Waals surface area contributed by atoms with Gasteiger partial charge in [0.05, 0.1) is 0 Å². The Balaban J connectivity index is 4.08. The van der Waals surface area contributed by atoms with Crippen molar-refractivity contribution >= 4 is 11.8 Å². The Bertz CT molecular complexity index is 160. The van der Waals surface area contributed by atoms with Crippen LogP contribution in [0.3, 0.4) is 0 Å². The van der Waals surface area contributed by atoms with E-state index in [4.69, 9.17) is 0 Å². The van der Waals surface area contributed by atoms with Crippen molar-refractivity contribution in [1.29, 1.82) is 0 Å². The van der Waals surface area contributed by atoms with Crippen LogP contribution in [0, 0.1) is 11.3 Å². The van der Waals surface area contributed by atoms with E-state index in [0.717, 1.165) is 17.7 Å². The smallest absolute Gasteiger partial charge is 0.0206 e. The van der Waals surface area contributed by atoms with Gasteiger partial charge in [0, 0.05) is 17.0 Å². The third kappa shape index (κ3) is 6.47. The minimum atomic E-state index is 0.361. The van der Waals surface area contributed by atoms with Gasteiger partial charge >= 0.3 is 0 Å². The highest BCUT2D eigenvalue weighted by Crippen LogP contribution is 2.26. The summed E-state index contributed by atoms with van der Waals surface area (Å²) in [7, 11) is 0. The Morgan fingerprint density at radius 2 is 1.67 bits per heavy atom. The molecule has 0 fully saturated rings. The summed E-state index contributed by atoms with van der Waals surface area (Å²) in [6.45, 7) is 17.2. The topological polar surface area (TPSA) is 12.0 Å². The van der Waals surface area contributed by atoms with Crippen LogP contribution in [0.25, 0.3) is 0 Å². The zero-order valence-electron chi connectivity index (χ0n) is 11.6. The highest BCUT2D eigenvalue weighted by Gasteiger charge is 2.24. The first-order valence-corrected chi connectivity index (χ1v) is 7.18. The lowest BCUT2D eigenvalue weighted by atomic mass is 9.88. The molecule has 15 heavy (non-hydrogen) atoms. The van der Waals surface area contributed by atoms with Crippen LogP contribution in [0.5, 0.6) is 0 Å². The van der Waals surface area contributed by atoms with E-state index in [-0.39, 0.29) is 0 Å². The molecule has 0 spiro atoms. The summed E-state index contributed by atoms with van der Waals surface area (Å²) >= 11 is 2.10. The van der Waals surface area contributed by atoms with Crippen molar-refractivity contribution in [3.63, 3.8) is 0 Å². The first-order chi connectivity index (χ1) is 6.79. The van der Waals surface area contributed by atoms with Gasteiger partial charge in [0.1, 0.15) is 0 Å². The number of thioether (sulfide) groups is 1. The molecule has 2 unspecified atom stereocenters. The van der Waals surface area contributed by atoms with Gasteiger partial charge in [-0.2, -0.15) is 11.8 Å². The molecule has 0 aromatic rings. The molecular formula is C13H29NS. The molecule has 0 amide bonds. The molecule has 0 aliphatic carbocycles. The molecule has 0 aromatic carbocycles. The van der Waals surface area contributed by atoms with E-state index < -0.39 is 0 Å². The minimum Gasteiger partial charge on any atom is -0.313 e. The molecule has 92 valence electrons. The van der Waals surface area contributed by atoms with Crippen molar-refractivity contribution in [2.45, 2.75) is 59.8 Å². The molecule has 0 aromatic heterocycles. The van der Waals surface area contributed by atoms with Crippen molar-refractivity contribution in [3.8, 4) is 0 Å². The minimum absolute atomic E-state index is 0.361. The molecule has 2 heteroatoms. The SMILES string of the molecule is CCNC(CSC(C)C(C)C)C(C)(C)C. The van der Waals surface area contributed by atoms with Crippen LogP contribution in [0.1, 0.15) is 48.5 Å². The van der Waals surface area contributed by atoms with Crippen LogP contribution < -0.4 is 5.32 Å². The van der Waals surface area contributed by atoms with Crippen LogP contribution in [0.4, 0.5) is 0 Å². The highest BCUT2D eigenvalue weighted by molar-refractivity contribution is 7.99. The molecule has 1 N–H and O–H groups in total. The third-order valence-electron chi connectivity index (χ3n) is 2.96. The van der Waals surface area contributed by atoms with Crippen LogP contribution in [0.15, 0.2) is 0 Å². The molecule has 0 aliphatic rings. The van der Waals surface area contributed by atoms with E-state index in [0.29, 0.717) is 11.5 Å². The predicted octanol–water partition coefficient (Wildman–Crippen LogP) is 3.79. The Morgan fingerprint density at radius 1 is 1.13 bits per heavy atom. The zero-order valence-corrected chi connectivity index (χ0v) is 12.4. The van der Waals surface area contributed by atoms with Crippen LogP contribution in [-0.4, -0.2) is 23.6 Å². The number of hydrogen-bond acceptors (Lipinski definition) is 2. The second-order valence-corrected chi connectivity index (χ2v) is 7.17. The molecule has 0 radical (unpaired) electrons. The summed E-state index contributed by atoms with van der Waals surface area (Å²) in [5.74, 6) is 1.99. The molecule has 1 nitrogen and oxygen atoms in total. The fourth-order valence-corrected chi connectivity index (χ4v) is 2.80. The number of hydrogen-bond donors (Lipinski definition) is 1. The van der Waals surface area contributed by atoms with Gasteiger partial charge in [0.25, 0.3) is 0 Å². The number of rotatable bonds is 6. The molecule has 0 saturated carbocycles. The van der Waals surface area contributed by atoms with E-state index in [1.807, 2.05) is 0 Å². The average molecular weight is 231 g/mol. The van der Waals surface area contributed by atoms with E-state index in [1.165, 1.54) is 5.75 Å². The third-order valence-corrected chi connectivity index (χ3v) is 4.56. The second kappa shape index (κ2) is 6.80. The summed E-state index contributed by atoms with van der Waals surface area (Å²) < 4.78 is 0. The summed E-state index contributed by atoms with van der Waals surface area (Å²) in [5.41, 5.74) is 0.361. The van der Waals surface area contributed by atoms with E-state index in [1.54, 1.807) is 0 Å². The van der Waals surface area contributed by atoms with Crippen LogP contribution in [0.2, 0.25) is 0 Å². The van der Waals surface area contributed by atoms with E-state index >= 15 is 0 Å². The molecular weight excluding hydrogens is 202 g/mol. The predicted molar refractivity (Wildman–Crippen MR) is 73.7 cm³/mol. The lowest BCUT2D eigenvalue weighted by Crippen LogP contribution is -2.42. The van der Waals surface area contributed by atoms with Gasteiger partial charge in [0.15, 0.2) is 0 Å². The summed E-state index contributed by atoms with van der Waals surface area (Å²) in [6, 6.07) is 0.619. The molecule has 2 atom stereocenters. The maximum absolute atomic E-state index is 3.60. The largest absolute Gasteiger partial charge is 0.313 e. The summed E-state index contributed by atoms with van der Waals surface area (Å²) in [5, 5.41) is 4.35. The molecule has 0 saturated heterocycles. The Hall–Kier alpha value is 0.310.